The molecule has 0 saturated carbocycles. The number of nitrogens with zero attached hydrogens (tertiary/aromatic N) is 1. The Hall–Kier alpha value is -2.22. The number of methoxy groups -OCH3 is 1. The number of benzene rings is 1. The molecule has 8 heteroatoms. The number of amides is 2. The first-order chi connectivity index (χ1) is 12.4. The van der Waals surface area contributed by atoms with Crippen LogP contribution in [0.25, 0.3) is 0 Å². The Morgan fingerprint density at radius 3 is 2.81 bits per heavy atom. The number of hydrogen-bond donors (Lipinski definition) is 2. The number of nitrogens with one attached hydrogen (secondary N) is 1. The highest BCUT2D eigenvalue weighted by Gasteiger charge is 2.31. The summed E-state index contributed by atoms with van der Waals surface area (Å²) in [7, 11) is 1.36. The van der Waals surface area contributed by atoms with Crippen LogP contribution in [0.15, 0.2) is 29.2 Å². The summed E-state index contributed by atoms with van der Waals surface area (Å²) < 4.78 is 4.61. The van der Waals surface area contributed by atoms with Crippen molar-refractivity contribution in [1.29, 1.82) is 0 Å². The predicted molar refractivity (Wildman–Crippen MR) is 99.3 cm³/mol. The third-order valence-electron chi connectivity index (χ3n) is 4.18. The number of esters is 1. The minimum Gasteiger partial charge on any atom is -0.481 e. The number of rotatable bonds is 6. The Balaban J connectivity index is 1.93. The summed E-state index contributed by atoms with van der Waals surface area (Å²) in [6.45, 7) is 2.72. The van der Waals surface area contributed by atoms with Gasteiger partial charge in [0, 0.05) is 29.4 Å². The number of aliphatic carboxylic acids is 1. The number of carbonyl (C=O) groups is 3. The Labute approximate surface area is 157 Å². The van der Waals surface area contributed by atoms with Crippen molar-refractivity contribution in [2.75, 3.05) is 31.3 Å². The normalized spacial score (nSPS) is 19.7. The number of likely N-dealkylation sites (tertiary alicyclic amines) is 1. The van der Waals surface area contributed by atoms with Crippen molar-refractivity contribution in [2.45, 2.75) is 24.7 Å². The van der Waals surface area contributed by atoms with Crippen LogP contribution >= 0.6 is 11.8 Å². The molecule has 1 fully saturated rings. The molecule has 1 heterocycles. The highest BCUT2D eigenvalue weighted by molar-refractivity contribution is 7.99. The zero-order valence-corrected chi connectivity index (χ0v) is 15.8. The number of piperidine rings is 1. The molecule has 0 aliphatic carbocycles. The third-order valence-corrected chi connectivity index (χ3v) is 5.18. The Bertz CT molecular complexity index is 667. The van der Waals surface area contributed by atoms with E-state index in [1.165, 1.54) is 18.9 Å². The number of carbonyl (C=O) groups excluding carboxylic acids is 2. The van der Waals surface area contributed by atoms with Crippen molar-refractivity contribution in [1.82, 2.24) is 4.90 Å². The average molecular weight is 380 g/mol. The number of carboxylic acids is 1. The van der Waals surface area contributed by atoms with E-state index >= 15 is 0 Å². The molecule has 0 aromatic heterocycles. The molecule has 142 valence electrons. The van der Waals surface area contributed by atoms with Crippen LogP contribution in [-0.4, -0.2) is 53.9 Å². The second-order valence-corrected chi connectivity index (χ2v) is 7.58. The summed E-state index contributed by atoms with van der Waals surface area (Å²) in [6.07, 6.45) is 0.908. The zero-order valence-electron chi connectivity index (χ0n) is 14.9. The van der Waals surface area contributed by atoms with Gasteiger partial charge in [-0.25, -0.2) is 4.79 Å². The smallest absolute Gasteiger partial charge is 0.321 e. The predicted octanol–water partition coefficient (Wildman–Crippen LogP) is 2.92. The highest BCUT2D eigenvalue weighted by atomic mass is 32.2. The Morgan fingerprint density at radius 1 is 1.35 bits per heavy atom. The fourth-order valence-electron chi connectivity index (χ4n) is 2.92. The van der Waals surface area contributed by atoms with Crippen LogP contribution in [0.5, 0.6) is 0 Å². The summed E-state index contributed by atoms with van der Waals surface area (Å²) in [6, 6.07) is 7.06. The molecule has 0 radical (unpaired) electrons. The molecule has 1 saturated heterocycles. The largest absolute Gasteiger partial charge is 0.481 e. The number of carboxylic acid groups (broad SMARTS) is 1. The zero-order chi connectivity index (χ0) is 19.1. The molecular formula is C18H24N2O5S. The maximum atomic E-state index is 12.5. The van der Waals surface area contributed by atoms with E-state index in [0.717, 1.165) is 4.90 Å². The molecule has 2 unspecified atom stereocenters. The summed E-state index contributed by atoms with van der Waals surface area (Å²) in [5, 5.41) is 12.1. The van der Waals surface area contributed by atoms with Gasteiger partial charge in [-0.1, -0.05) is 13.0 Å². The van der Waals surface area contributed by atoms with E-state index in [4.69, 9.17) is 0 Å². The second-order valence-electron chi connectivity index (χ2n) is 6.41. The third kappa shape index (κ3) is 5.94. The van der Waals surface area contributed by atoms with Gasteiger partial charge in [0.15, 0.2) is 0 Å². The van der Waals surface area contributed by atoms with Crippen LogP contribution < -0.4 is 5.32 Å². The van der Waals surface area contributed by atoms with Gasteiger partial charge < -0.3 is 20.1 Å². The van der Waals surface area contributed by atoms with E-state index in [9.17, 15) is 19.5 Å². The molecule has 2 amide bonds. The van der Waals surface area contributed by atoms with Crippen molar-refractivity contribution in [3.05, 3.63) is 24.3 Å². The molecule has 26 heavy (non-hydrogen) atoms. The highest BCUT2D eigenvalue weighted by Crippen LogP contribution is 2.25. The molecule has 0 spiro atoms. The minimum atomic E-state index is -0.863. The topological polar surface area (TPSA) is 95.9 Å². The average Bonchev–Trinajstić information content (AvgIpc) is 2.61. The van der Waals surface area contributed by atoms with Gasteiger partial charge >= 0.3 is 18.0 Å². The summed E-state index contributed by atoms with van der Waals surface area (Å²) in [5.41, 5.74) is 0.642. The lowest BCUT2D eigenvalue weighted by atomic mass is 9.91. The van der Waals surface area contributed by atoms with E-state index in [1.807, 2.05) is 25.1 Å². The van der Waals surface area contributed by atoms with Crippen molar-refractivity contribution < 1.29 is 24.2 Å². The maximum absolute atomic E-state index is 12.5. The first-order valence-electron chi connectivity index (χ1n) is 8.47. The van der Waals surface area contributed by atoms with Crippen molar-refractivity contribution in [3.63, 3.8) is 0 Å². The standard InChI is InChI=1S/C18H24N2O5S/c1-12-8-13(17(22)23)11-20(10-12)18(24)19-14-4-3-5-15(9-14)26-7-6-16(21)25-2/h3-5,9,12-13H,6-8,10-11H2,1-2H3,(H,19,24)(H,22,23). The van der Waals surface area contributed by atoms with E-state index < -0.39 is 11.9 Å². The number of hydrogen-bond acceptors (Lipinski definition) is 5. The second kappa shape index (κ2) is 9.47. The van der Waals surface area contributed by atoms with Crippen molar-refractivity contribution in [3.8, 4) is 0 Å². The number of anilines is 1. The van der Waals surface area contributed by atoms with Gasteiger partial charge in [-0.05, 0) is 30.5 Å². The first kappa shape index (κ1) is 20.1. The quantitative estimate of drug-likeness (QED) is 0.582. The molecule has 1 aromatic rings. The lowest BCUT2D eigenvalue weighted by Crippen LogP contribution is -2.47. The molecule has 2 atom stereocenters. The van der Waals surface area contributed by atoms with Crippen molar-refractivity contribution >= 4 is 35.4 Å². The monoisotopic (exact) mass is 380 g/mol. The van der Waals surface area contributed by atoms with Gasteiger partial charge in [0.1, 0.15) is 0 Å². The van der Waals surface area contributed by atoms with Gasteiger partial charge in [0.05, 0.1) is 19.4 Å². The van der Waals surface area contributed by atoms with Gasteiger partial charge in [-0.15, -0.1) is 11.8 Å². The molecule has 2 rings (SSSR count). The SMILES string of the molecule is COC(=O)CCSc1cccc(NC(=O)N2CC(C)CC(C(=O)O)C2)c1. The van der Waals surface area contributed by atoms with Crippen LogP contribution in [0.3, 0.4) is 0 Å². The van der Waals surface area contributed by atoms with Gasteiger partial charge in [0.25, 0.3) is 0 Å². The summed E-state index contributed by atoms with van der Waals surface area (Å²) >= 11 is 1.50. The summed E-state index contributed by atoms with van der Waals surface area (Å²) in [4.78, 5) is 37.4. The van der Waals surface area contributed by atoms with Crippen molar-refractivity contribution in [2.24, 2.45) is 11.8 Å². The molecule has 7 nitrogen and oxygen atoms in total. The van der Waals surface area contributed by atoms with E-state index in [0.29, 0.717) is 30.8 Å². The number of urea groups is 1. The number of ether oxygens (including phenoxy) is 1. The molecular weight excluding hydrogens is 356 g/mol. The van der Waals surface area contributed by atoms with Gasteiger partial charge in [-0.3, -0.25) is 9.59 Å². The fourth-order valence-corrected chi connectivity index (χ4v) is 3.81. The van der Waals surface area contributed by atoms with Gasteiger partial charge in [-0.2, -0.15) is 0 Å². The van der Waals surface area contributed by atoms with Crippen LogP contribution in [0.4, 0.5) is 10.5 Å². The molecule has 1 aliphatic rings. The lowest BCUT2D eigenvalue weighted by Gasteiger charge is -2.34. The van der Waals surface area contributed by atoms with Crippen LogP contribution in [0, 0.1) is 11.8 Å². The van der Waals surface area contributed by atoms with E-state index in [-0.39, 0.29) is 24.5 Å². The fraction of sp³-hybridized carbons (Fsp3) is 0.500. The number of thioether (sulfide) groups is 1. The van der Waals surface area contributed by atoms with E-state index in [2.05, 4.69) is 10.1 Å². The molecule has 0 bridgehead atoms. The molecule has 1 aliphatic heterocycles. The Morgan fingerprint density at radius 2 is 2.12 bits per heavy atom. The van der Waals surface area contributed by atoms with Crippen LogP contribution in [0.2, 0.25) is 0 Å². The summed E-state index contributed by atoms with van der Waals surface area (Å²) in [5.74, 6) is -0.901. The maximum Gasteiger partial charge on any atom is 0.321 e. The molecule has 2 N–H and O–H groups in total. The molecule has 1 aromatic carbocycles. The van der Waals surface area contributed by atoms with Crippen LogP contribution in [-0.2, 0) is 14.3 Å². The Kier molecular flexibility index (Phi) is 7.32. The minimum absolute atomic E-state index is 0.149. The lowest BCUT2D eigenvalue weighted by molar-refractivity contribution is -0.144. The van der Waals surface area contributed by atoms with Crippen LogP contribution in [0.1, 0.15) is 19.8 Å². The van der Waals surface area contributed by atoms with E-state index in [1.54, 1.807) is 11.0 Å². The first-order valence-corrected chi connectivity index (χ1v) is 9.46. The van der Waals surface area contributed by atoms with Gasteiger partial charge in [0.2, 0.25) is 0 Å².